The molecule has 1 aromatic rings. The van der Waals surface area contributed by atoms with Crippen molar-refractivity contribution in [3.05, 3.63) is 16.0 Å². The number of ether oxygens (including phenoxy) is 1. The van der Waals surface area contributed by atoms with E-state index in [0.717, 1.165) is 50.2 Å². The lowest BCUT2D eigenvalue weighted by Gasteiger charge is -2.30. The normalized spacial score (nSPS) is 18.9. The Labute approximate surface area is 171 Å². The minimum Gasteiger partial charge on any atom is -0.462 e. The average Bonchev–Trinajstić information content (AvgIpc) is 2.93. The highest BCUT2D eigenvalue weighted by atomic mass is 32.1. The molecule has 5 nitrogen and oxygen atoms in total. The summed E-state index contributed by atoms with van der Waals surface area (Å²) in [5.41, 5.74) is 1.90. The maximum atomic E-state index is 12.7. The number of carbonyl (C=O) groups excluding carboxylic acids is 1. The fourth-order valence-corrected chi connectivity index (χ4v) is 5.52. The fourth-order valence-electron chi connectivity index (χ4n) is 3.90. The number of anilines is 1. The van der Waals surface area contributed by atoms with E-state index in [1.165, 1.54) is 29.7 Å². The summed E-state index contributed by atoms with van der Waals surface area (Å²) in [7, 11) is 2.15. The Bertz CT molecular complexity index is 666. The van der Waals surface area contributed by atoms with E-state index in [0.29, 0.717) is 23.3 Å². The Morgan fingerprint density at radius 2 is 1.93 bits per heavy atom. The number of fused-ring (bicyclic) bond motifs is 1. The number of esters is 1. The molecular weight excluding hydrogens is 378 g/mol. The van der Waals surface area contributed by atoms with Gasteiger partial charge in [-0.2, -0.15) is 0 Å². The Kier molecular flexibility index (Phi) is 7.49. The number of nitrogens with one attached hydrogen (secondary N) is 2. The summed E-state index contributed by atoms with van der Waals surface area (Å²) in [6.45, 7) is 4.41. The second kappa shape index (κ2) is 9.85. The zero-order valence-corrected chi connectivity index (χ0v) is 18.1. The van der Waals surface area contributed by atoms with E-state index < -0.39 is 0 Å². The molecular formula is C20H31N3O2S2. The number of nitrogens with zero attached hydrogens (tertiary/aromatic N) is 1. The van der Waals surface area contributed by atoms with E-state index in [9.17, 15) is 4.79 Å². The smallest absolute Gasteiger partial charge is 0.341 e. The number of rotatable bonds is 4. The molecule has 0 radical (unpaired) electrons. The number of hydrogen-bond donors (Lipinski definition) is 2. The molecule has 0 atom stereocenters. The molecule has 1 aliphatic carbocycles. The maximum Gasteiger partial charge on any atom is 0.341 e. The van der Waals surface area contributed by atoms with Crippen molar-refractivity contribution in [3.8, 4) is 0 Å². The van der Waals surface area contributed by atoms with Gasteiger partial charge in [-0.3, -0.25) is 0 Å². The number of likely N-dealkylation sites (tertiary alicyclic amines) is 1. The Hall–Kier alpha value is -1.18. The van der Waals surface area contributed by atoms with Crippen molar-refractivity contribution in [2.24, 2.45) is 0 Å². The van der Waals surface area contributed by atoms with Gasteiger partial charge in [-0.1, -0.05) is 12.8 Å². The van der Waals surface area contributed by atoms with Gasteiger partial charge in [-0.25, -0.2) is 4.79 Å². The molecule has 0 spiro atoms. The van der Waals surface area contributed by atoms with E-state index >= 15 is 0 Å². The van der Waals surface area contributed by atoms with Gasteiger partial charge in [0.2, 0.25) is 0 Å². The zero-order valence-electron chi connectivity index (χ0n) is 16.4. The standard InChI is InChI=1S/C20H31N3O2S2/c1-3-25-19(24)17-15-8-6-4-5-7-9-16(15)27-18(17)22-20(26)21-14-10-12-23(2)13-11-14/h14H,3-13H2,1-2H3,(H2,21,22,26). The average molecular weight is 410 g/mol. The van der Waals surface area contributed by atoms with Crippen LogP contribution in [0.2, 0.25) is 0 Å². The number of aryl methyl sites for hydroxylation is 1. The predicted molar refractivity (Wildman–Crippen MR) is 116 cm³/mol. The number of thiocarbonyl (C=S) groups is 1. The molecule has 1 saturated heterocycles. The summed E-state index contributed by atoms with van der Waals surface area (Å²) in [4.78, 5) is 16.3. The third-order valence-electron chi connectivity index (χ3n) is 5.43. The van der Waals surface area contributed by atoms with Crippen molar-refractivity contribution < 1.29 is 9.53 Å². The monoisotopic (exact) mass is 409 g/mol. The van der Waals surface area contributed by atoms with E-state index in [2.05, 4.69) is 22.6 Å². The Morgan fingerprint density at radius 3 is 2.63 bits per heavy atom. The van der Waals surface area contributed by atoms with Gasteiger partial charge in [-0.15, -0.1) is 11.3 Å². The van der Waals surface area contributed by atoms with Crippen molar-refractivity contribution in [2.45, 2.75) is 64.3 Å². The lowest BCUT2D eigenvalue weighted by molar-refractivity contribution is 0.0526. The first-order valence-electron chi connectivity index (χ1n) is 10.2. The van der Waals surface area contributed by atoms with Gasteiger partial charge in [-0.05, 0) is 83.4 Å². The first kappa shape index (κ1) is 20.6. The van der Waals surface area contributed by atoms with Crippen molar-refractivity contribution in [2.75, 3.05) is 32.1 Å². The molecule has 0 bridgehead atoms. The van der Waals surface area contributed by atoms with Crippen molar-refractivity contribution in [1.82, 2.24) is 10.2 Å². The fraction of sp³-hybridized carbons (Fsp3) is 0.700. The molecule has 0 aromatic carbocycles. The summed E-state index contributed by atoms with van der Waals surface area (Å²) in [6, 6.07) is 0.397. The maximum absolute atomic E-state index is 12.7. The van der Waals surface area contributed by atoms with Crippen LogP contribution in [0.3, 0.4) is 0 Å². The van der Waals surface area contributed by atoms with Crippen LogP contribution in [-0.2, 0) is 17.6 Å². The molecule has 150 valence electrons. The highest BCUT2D eigenvalue weighted by Crippen LogP contribution is 2.37. The van der Waals surface area contributed by atoms with Crippen LogP contribution in [0, 0.1) is 0 Å². The quantitative estimate of drug-likeness (QED) is 0.580. The molecule has 0 unspecified atom stereocenters. The van der Waals surface area contributed by atoms with Crippen LogP contribution in [0.15, 0.2) is 0 Å². The van der Waals surface area contributed by atoms with Crippen LogP contribution in [0.25, 0.3) is 0 Å². The SMILES string of the molecule is CCOC(=O)c1c(NC(=S)NC2CCN(C)CC2)sc2c1CCCCCC2. The van der Waals surface area contributed by atoms with Crippen molar-refractivity contribution >= 4 is 39.6 Å². The van der Waals surface area contributed by atoms with E-state index in [1.807, 2.05) is 6.92 Å². The number of carbonyl (C=O) groups is 1. The van der Waals surface area contributed by atoms with Crippen molar-refractivity contribution in [3.63, 3.8) is 0 Å². The first-order chi connectivity index (χ1) is 13.1. The zero-order chi connectivity index (χ0) is 19.2. The van der Waals surface area contributed by atoms with Gasteiger partial charge in [0.05, 0.1) is 12.2 Å². The van der Waals surface area contributed by atoms with E-state index in [-0.39, 0.29) is 5.97 Å². The molecule has 2 N–H and O–H groups in total. The van der Waals surface area contributed by atoms with Crippen LogP contribution in [-0.4, -0.2) is 48.8 Å². The van der Waals surface area contributed by atoms with Crippen LogP contribution >= 0.6 is 23.6 Å². The second-order valence-corrected chi connectivity index (χ2v) is 9.03. The Morgan fingerprint density at radius 1 is 1.22 bits per heavy atom. The summed E-state index contributed by atoms with van der Waals surface area (Å²) < 4.78 is 5.37. The van der Waals surface area contributed by atoms with Gasteiger partial charge in [0.25, 0.3) is 0 Å². The van der Waals surface area contributed by atoms with Crippen LogP contribution < -0.4 is 10.6 Å². The van der Waals surface area contributed by atoms with Crippen LogP contribution in [0.5, 0.6) is 0 Å². The van der Waals surface area contributed by atoms with E-state index in [1.54, 1.807) is 11.3 Å². The molecule has 3 rings (SSSR count). The first-order valence-corrected chi connectivity index (χ1v) is 11.4. The highest BCUT2D eigenvalue weighted by molar-refractivity contribution is 7.80. The summed E-state index contributed by atoms with van der Waals surface area (Å²) in [5, 5.41) is 8.24. The molecule has 2 heterocycles. The highest BCUT2D eigenvalue weighted by Gasteiger charge is 2.26. The molecule has 2 aliphatic rings. The largest absolute Gasteiger partial charge is 0.462 e. The van der Waals surface area contributed by atoms with E-state index in [4.69, 9.17) is 17.0 Å². The summed E-state index contributed by atoms with van der Waals surface area (Å²) in [5.74, 6) is -0.222. The van der Waals surface area contributed by atoms with Gasteiger partial charge >= 0.3 is 5.97 Å². The lowest BCUT2D eigenvalue weighted by atomic mass is 9.96. The topological polar surface area (TPSA) is 53.6 Å². The van der Waals surface area contributed by atoms with Crippen LogP contribution in [0.1, 0.15) is 66.2 Å². The predicted octanol–water partition coefficient (Wildman–Crippen LogP) is 3.96. The number of thiophene rings is 1. The van der Waals surface area contributed by atoms with Gasteiger partial charge in [0.15, 0.2) is 5.11 Å². The second-order valence-electron chi connectivity index (χ2n) is 7.52. The minimum atomic E-state index is -0.222. The molecule has 1 fully saturated rings. The molecule has 1 aliphatic heterocycles. The van der Waals surface area contributed by atoms with Gasteiger partial charge < -0.3 is 20.3 Å². The number of hydrogen-bond acceptors (Lipinski definition) is 5. The summed E-state index contributed by atoms with van der Waals surface area (Å²) >= 11 is 7.25. The van der Waals surface area contributed by atoms with Gasteiger partial charge in [0, 0.05) is 10.9 Å². The van der Waals surface area contributed by atoms with Crippen molar-refractivity contribution in [1.29, 1.82) is 0 Å². The summed E-state index contributed by atoms with van der Waals surface area (Å²) in [6.07, 6.45) is 9.00. The molecule has 27 heavy (non-hydrogen) atoms. The molecule has 1 aromatic heterocycles. The lowest BCUT2D eigenvalue weighted by Crippen LogP contribution is -2.44. The van der Waals surface area contributed by atoms with Crippen LogP contribution in [0.4, 0.5) is 5.00 Å². The molecule has 7 heteroatoms. The molecule has 0 saturated carbocycles. The molecule has 0 amide bonds. The van der Waals surface area contributed by atoms with Gasteiger partial charge in [0.1, 0.15) is 5.00 Å². The minimum absolute atomic E-state index is 0.222. The number of piperidine rings is 1. The Balaban J connectivity index is 1.75. The third-order valence-corrected chi connectivity index (χ3v) is 6.86. The third kappa shape index (κ3) is 5.42.